The topological polar surface area (TPSA) is 153 Å². The second kappa shape index (κ2) is 11.6. The van der Waals surface area contributed by atoms with Crippen LogP contribution in [0.25, 0.3) is 0 Å². The number of rotatable bonds is 9. The zero-order valence-electron chi connectivity index (χ0n) is 22.1. The van der Waals surface area contributed by atoms with E-state index in [2.05, 4.69) is 5.32 Å². The first-order chi connectivity index (χ1) is 17.4. The van der Waals surface area contributed by atoms with Gasteiger partial charge in [0.2, 0.25) is 23.6 Å². The Hall–Kier alpha value is -2.98. The standard InChI is InChI=1S/C27H40N4O6/c1-16-8-5-9-20(14-16)15-27(26(37)29-22(19(4)33)23(28)34)11-7-13-31(27)25(36)21-10-6-12-30(21)24(35)17(2)18(3)32/h5,8-9,14,17-19,21-22,32-33H,6-7,10-13,15H2,1-4H3,(H2,28,34)(H,29,37)/t17-,18+,19+,21-,22-,27-/m0/s1. The maximum absolute atomic E-state index is 14.0. The number of aliphatic hydroxyl groups is 2. The lowest BCUT2D eigenvalue weighted by atomic mass is 9.85. The number of aryl methyl sites for hydroxylation is 1. The summed E-state index contributed by atoms with van der Waals surface area (Å²) < 4.78 is 0. The van der Waals surface area contributed by atoms with Gasteiger partial charge in [-0.15, -0.1) is 0 Å². The highest BCUT2D eigenvalue weighted by Gasteiger charge is 2.53. The maximum atomic E-state index is 14.0. The van der Waals surface area contributed by atoms with Crippen molar-refractivity contribution in [2.45, 2.75) is 89.6 Å². The molecule has 0 aromatic heterocycles. The lowest BCUT2D eigenvalue weighted by molar-refractivity contribution is -0.153. The molecule has 6 atom stereocenters. The molecule has 0 aliphatic carbocycles. The van der Waals surface area contributed by atoms with Crippen LogP contribution in [0.4, 0.5) is 0 Å². The van der Waals surface area contributed by atoms with Gasteiger partial charge < -0.3 is 31.1 Å². The van der Waals surface area contributed by atoms with Crippen LogP contribution in [0.15, 0.2) is 24.3 Å². The highest BCUT2D eigenvalue weighted by molar-refractivity contribution is 5.97. The van der Waals surface area contributed by atoms with Crippen molar-refractivity contribution in [2.75, 3.05) is 13.1 Å². The van der Waals surface area contributed by atoms with Gasteiger partial charge in [0.1, 0.15) is 17.6 Å². The molecule has 10 nitrogen and oxygen atoms in total. The predicted octanol–water partition coefficient (Wildman–Crippen LogP) is 0.258. The van der Waals surface area contributed by atoms with Crippen molar-refractivity contribution in [1.82, 2.24) is 15.1 Å². The molecule has 1 aromatic carbocycles. The average Bonchev–Trinajstić information content (AvgIpc) is 3.48. The van der Waals surface area contributed by atoms with Crippen LogP contribution < -0.4 is 11.1 Å². The lowest BCUT2D eigenvalue weighted by Crippen LogP contribution is -2.65. The smallest absolute Gasteiger partial charge is 0.247 e. The van der Waals surface area contributed by atoms with E-state index in [1.54, 1.807) is 18.7 Å². The average molecular weight is 517 g/mol. The largest absolute Gasteiger partial charge is 0.393 e. The van der Waals surface area contributed by atoms with Crippen LogP contribution in [-0.4, -0.2) is 86.6 Å². The van der Waals surface area contributed by atoms with Gasteiger partial charge in [0.05, 0.1) is 18.1 Å². The van der Waals surface area contributed by atoms with Crippen LogP contribution >= 0.6 is 0 Å². The molecule has 0 saturated carbocycles. The number of hydrogen-bond donors (Lipinski definition) is 4. The molecule has 10 heteroatoms. The first-order valence-electron chi connectivity index (χ1n) is 13.0. The van der Waals surface area contributed by atoms with Crippen LogP contribution in [0.2, 0.25) is 0 Å². The number of nitrogens with one attached hydrogen (secondary N) is 1. The minimum Gasteiger partial charge on any atom is -0.393 e. The van der Waals surface area contributed by atoms with Crippen molar-refractivity contribution in [3.05, 3.63) is 35.4 Å². The van der Waals surface area contributed by atoms with Gasteiger partial charge in [0.15, 0.2) is 0 Å². The molecule has 1 aromatic rings. The quantitative estimate of drug-likeness (QED) is 0.369. The first-order valence-corrected chi connectivity index (χ1v) is 13.0. The number of aliphatic hydroxyl groups excluding tert-OH is 2. The number of benzene rings is 1. The van der Waals surface area contributed by atoms with Gasteiger partial charge in [-0.25, -0.2) is 0 Å². The van der Waals surface area contributed by atoms with Gasteiger partial charge in [0, 0.05) is 19.5 Å². The van der Waals surface area contributed by atoms with E-state index < -0.39 is 47.6 Å². The Kier molecular flexibility index (Phi) is 8.96. The van der Waals surface area contributed by atoms with E-state index in [4.69, 9.17) is 5.73 Å². The van der Waals surface area contributed by atoms with Crippen LogP contribution in [-0.2, 0) is 25.6 Å². The SMILES string of the molecule is Cc1cccc(C[C@]2(C(=O)N[C@H](C(N)=O)[C@@H](C)O)CCCN2C(=O)[C@@H]2CCCN2C(=O)[C@@H](C)[C@@H](C)O)c1. The van der Waals surface area contributed by atoms with E-state index in [-0.39, 0.29) is 18.2 Å². The number of hydrogen-bond acceptors (Lipinski definition) is 6. The van der Waals surface area contributed by atoms with Crippen molar-refractivity contribution in [2.24, 2.45) is 11.7 Å². The Morgan fingerprint density at radius 2 is 1.81 bits per heavy atom. The predicted molar refractivity (Wildman–Crippen MR) is 137 cm³/mol. The minimum absolute atomic E-state index is 0.211. The third-order valence-electron chi connectivity index (χ3n) is 7.77. The fraction of sp³-hybridized carbons (Fsp3) is 0.630. The molecule has 2 aliphatic rings. The Morgan fingerprint density at radius 1 is 1.11 bits per heavy atom. The highest BCUT2D eigenvalue weighted by Crippen LogP contribution is 2.36. The van der Waals surface area contributed by atoms with E-state index in [9.17, 15) is 29.4 Å². The Labute approximate surface area is 218 Å². The molecular weight excluding hydrogens is 476 g/mol. The summed E-state index contributed by atoms with van der Waals surface area (Å²) in [6, 6.07) is 5.62. The number of primary amides is 1. The van der Waals surface area contributed by atoms with E-state index in [1.165, 1.54) is 11.8 Å². The summed E-state index contributed by atoms with van der Waals surface area (Å²) in [4.78, 5) is 56.0. The lowest BCUT2D eigenvalue weighted by Gasteiger charge is -2.41. The van der Waals surface area contributed by atoms with Crippen molar-refractivity contribution in [1.29, 1.82) is 0 Å². The van der Waals surface area contributed by atoms with Crippen molar-refractivity contribution >= 4 is 23.6 Å². The number of carbonyl (C=O) groups is 4. The fourth-order valence-electron chi connectivity index (χ4n) is 5.50. The number of likely N-dealkylation sites (tertiary alicyclic amines) is 2. The fourth-order valence-corrected chi connectivity index (χ4v) is 5.50. The number of nitrogens with zero attached hydrogens (tertiary/aromatic N) is 2. The Balaban J connectivity index is 1.98. The highest BCUT2D eigenvalue weighted by atomic mass is 16.3. The van der Waals surface area contributed by atoms with Crippen LogP contribution in [0, 0.1) is 12.8 Å². The summed E-state index contributed by atoms with van der Waals surface area (Å²) in [5.41, 5.74) is 5.97. The molecule has 2 heterocycles. The first kappa shape index (κ1) is 28.6. The van der Waals surface area contributed by atoms with Crippen LogP contribution in [0.3, 0.4) is 0 Å². The Bertz CT molecular complexity index is 1030. The second-order valence-electron chi connectivity index (χ2n) is 10.6. The second-order valence-corrected chi connectivity index (χ2v) is 10.6. The van der Waals surface area contributed by atoms with E-state index in [0.717, 1.165) is 11.1 Å². The van der Waals surface area contributed by atoms with E-state index in [0.29, 0.717) is 38.8 Å². The zero-order chi connectivity index (χ0) is 27.5. The molecule has 0 bridgehead atoms. The number of carbonyl (C=O) groups excluding carboxylic acids is 4. The van der Waals surface area contributed by atoms with Gasteiger partial charge in [0.25, 0.3) is 0 Å². The van der Waals surface area contributed by atoms with E-state index >= 15 is 0 Å². The molecule has 3 rings (SSSR count). The third kappa shape index (κ3) is 5.96. The molecule has 2 aliphatic heterocycles. The summed E-state index contributed by atoms with van der Waals surface area (Å²) in [5.74, 6) is -2.70. The molecular formula is C27H40N4O6. The Morgan fingerprint density at radius 3 is 2.41 bits per heavy atom. The van der Waals surface area contributed by atoms with Gasteiger partial charge in [-0.05, 0) is 52.0 Å². The summed E-state index contributed by atoms with van der Waals surface area (Å²) in [6.07, 6.45) is 0.169. The normalized spacial score (nSPS) is 24.9. The maximum Gasteiger partial charge on any atom is 0.247 e. The summed E-state index contributed by atoms with van der Waals surface area (Å²) in [7, 11) is 0. The number of nitrogens with two attached hydrogens (primary N) is 1. The minimum atomic E-state index is -1.32. The summed E-state index contributed by atoms with van der Waals surface area (Å²) in [6.45, 7) is 7.21. The van der Waals surface area contributed by atoms with Gasteiger partial charge in [-0.1, -0.05) is 36.8 Å². The number of amides is 4. The monoisotopic (exact) mass is 516 g/mol. The van der Waals surface area contributed by atoms with E-state index in [1.807, 2.05) is 31.2 Å². The molecule has 37 heavy (non-hydrogen) atoms. The van der Waals surface area contributed by atoms with Crippen LogP contribution in [0.5, 0.6) is 0 Å². The molecule has 5 N–H and O–H groups in total. The molecule has 0 spiro atoms. The zero-order valence-corrected chi connectivity index (χ0v) is 22.1. The summed E-state index contributed by atoms with van der Waals surface area (Å²) >= 11 is 0. The molecule has 204 valence electrons. The van der Waals surface area contributed by atoms with Crippen molar-refractivity contribution in [3.8, 4) is 0 Å². The molecule has 2 saturated heterocycles. The van der Waals surface area contributed by atoms with Gasteiger partial charge in [-0.3, -0.25) is 19.2 Å². The van der Waals surface area contributed by atoms with Crippen molar-refractivity contribution < 1.29 is 29.4 Å². The molecule has 0 radical (unpaired) electrons. The molecule has 4 amide bonds. The summed E-state index contributed by atoms with van der Waals surface area (Å²) in [5, 5.41) is 22.6. The van der Waals surface area contributed by atoms with Gasteiger partial charge in [-0.2, -0.15) is 0 Å². The third-order valence-corrected chi connectivity index (χ3v) is 7.77. The molecule has 2 fully saturated rings. The van der Waals surface area contributed by atoms with Gasteiger partial charge >= 0.3 is 0 Å². The van der Waals surface area contributed by atoms with Crippen molar-refractivity contribution in [3.63, 3.8) is 0 Å². The molecule has 0 unspecified atom stereocenters. The van der Waals surface area contributed by atoms with Crippen LogP contribution in [0.1, 0.15) is 57.6 Å².